The van der Waals surface area contributed by atoms with Gasteiger partial charge in [-0.1, -0.05) is 31.4 Å². The summed E-state index contributed by atoms with van der Waals surface area (Å²) in [5.41, 5.74) is 1.55. The van der Waals surface area contributed by atoms with Crippen molar-refractivity contribution in [2.75, 3.05) is 18.5 Å². The average molecular weight is 502 g/mol. The third kappa shape index (κ3) is 7.90. The van der Waals surface area contributed by atoms with Crippen LogP contribution in [0, 0.1) is 0 Å². The number of nitrogens with one attached hydrogen (secondary N) is 3. The van der Waals surface area contributed by atoms with E-state index in [1.807, 2.05) is 0 Å². The van der Waals surface area contributed by atoms with Crippen LogP contribution in [0.1, 0.15) is 54.9 Å². The maximum Gasteiger partial charge on any atom is 0.338 e. The Hall–Kier alpha value is -3.24. The second-order valence-corrected chi connectivity index (χ2v) is 10.1. The molecule has 2 aromatic carbocycles. The van der Waals surface area contributed by atoms with E-state index >= 15 is 0 Å². The van der Waals surface area contributed by atoms with E-state index < -0.39 is 27.8 Å². The van der Waals surface area contributed by atoms with Crippen LogP contribution in [0.15, 0.2) is 53.4 Å². The molecule has 1 saturated carbocycles. The maximum atomic E-state index is 12.6. The van der Waals surface area contributed by atoms with Gasteiger partial charge in [-0.15, -0.1) is 0 Å². The van der Waals surface area contributed by atoms with Crippen LogP contribution in [-0.2, 0) is 30.8 Å². The van der Waals surface area contributed by atoms with Gasteiger partial charge in [-0.25, -0.2) is 17.9 Å². The Labute approximate surface area is 205 Å². The molecule has 3 N–H and O–H groups in total. The van der Waals surface area contributed by atoms with E-state index in [4.69, 9.17) is 4.74 Å². The highest BCUT2D eigenvalue weighted by Crippen LogP contribution is 2.20. The summed E-state index contributed by atoms with van der Waals surface area (Å²) in [6.45, 7) is 2.18. The number of carbonyl (C=O) groups excluding carboxylic acids is 3. The Balaban J connectivity index is 1.44. The number of amides is 2. The third-order valence-corrected chi connectivity index (χ3v) is 7.26. The van der Waals surface area contributed by atoms with E-state index in [-0.39, 0.29) is 24.1 Å². The van der Waals surface area contributed by atoms with Crippen molar-refractivity contribution >= 4 is 33.5 Å². The van der Waals surface area contributed by atoms with Crippen molar-refractivity contribution < 1.29 is 27.5 Å². The van der Waals surface area contributed by atoms with Gasteiger partial charge in [0.2, 0.25) is 10.0 Å². The van der Waals surface area contributed by atoms with Gasteiger partial charge in [-0.2, -0.15) is 0 Å². The number of ether oxygens (including phenoxy) is 1. The number of sulfonamides is 1. The molecule has 0 aliphatic heterocycles. The van der Waals surface area contributed by atoms with Crippen LogP contribution >= 0.6 is 0 Å². The van der Waals surface area contributed by atoms with E-state index in [1.165, 1.54) is 24.3 Å². The summed E-state index contributed by atoms with van der Waals surface area (Å²) in [6.07, 6.45) is 5.39. The molecular formula is C25H31N3O6S. The van der Waals surface area contributed by atoms with Crippen LogP contribution in [-0.4, -0.2) is 45.4 Å². The fraction of sp³-hybridized carbons (Fsp3) is 0.400. The van der Waals surface area contributed by atoms with Crippen LogP contribution in [0.5, 0.6) is 0 Å². The molecule has 1 aliphatic carbocycles. The number of hydrogen-bond acceptors (Lipinski definition) is 6. The second kappa shape index (κ2) is 12.5. The lowest BCUT2D eigenvalue weighted by atomic mass is 9.96. The van der Waals surface area contributed by atoms with Crippen molar-refractivity contribution in [1.82, 2.24) is 10.0 Å². The summed E-state index contributed by atoms with van der Waals surface area (Å²) >= 11 is 0. The van der Waals surface area contributed by atoms with Crippen LogP contribution in [0.25, 0.3) is 0 Å². The van der Waals surface area contributed by atoms with Gasteiger partial charge in [0.05, 0.1) is 17.1 Å². The summed E-state index contributed by atoms with van der Waals surface area (Å²) in [5, 5.41) is 5.01. The molecule has 188 valence electrons. The summed E-state index contributed by atoms with van der Waals surface area (Å²) in [6, 6.07) is 12.5. The van der Waals surface area contributed by atoms with Crippen LogP contribution < -0.4 is 15.4 Å². The Morgan fingerprint density at radius 2 is 1.57 bits per heavy atom. The topological polar surface area (TPSA) is 131 Å². The van der Waals surface area contributed by atoms with Crippen LogP contribution in [0.4, 0.5) is 5.69 Å². The molecule has 0 saturated heterocycles. The number of rotatable bonds is 9. The molecule has 0 bridgehead atoms. The molecule has 0 unspecified atom stereocenters. The quantitative estimate of drug-likeness (QED) is 0.358. The smallest absolute Gasteiger partial charge is 0.338 e. The third-order valence-electron chi connectivity index (χ3n) is 5.72. The Kier molecular flexibility index (Phi) is 9.39. The van der Waals surface area contributed by atoms with Crippen molar-refractivity contribution in [1.29, 1.82) is 0 Å². The predicted molar refractivity (Wildman–Crippen MR) is 131 cm³/mol. The first kappa shape index (κ1) is 26.4. The average Bonchev–Trinajstić information content (AvgIpc) is 2.85. The van der Waals surface area contributed by atoms with Gasteiger partial charge < -0.3 is 15.4 Å². The zero-order valence-corrected chi connectivity index (χ0v) is 20.5. The van der Waals surface area contributed by atoms with E-state index in [9.17, 15) is 22.8 Å². The van der Waals surface area contributed by atoms with Gasteiger partial charge >= 0.3 is 17.8 Å². The first-order valence-electron chi connectivity index (χ1n) is 11.8. The minimum absolute atomic E-state index is 0.00899. The lowest BCUT2D eigenvalue weighted by Crippen LogP contribution is -2.36. The summed E-state index contributed by atoms with van der Waals surface area (Å²) in [7, 11) is -3.56. The number of benzene rings is 2. The first-order chi connectivity index (χ1) is 16.8. The Morgan fingerprint density at radius 1 is 0.914 bits per heavy atom. The largest absolute Gasteiger partial charge is 0.462 e. The highest BCUT2D eigenvalue weighted by atomic mass is 32.2. The van der Waals surface area contributed by atoms with Gasteiger partial charge in [-0.3, -0.25) is 9.59 Å². The number of hydrogen-bond donors (Lipinski definition) is 3. The van der Waals surface area contributed by atoms with E-state index in [0.717, 1.165) is 37.7 Å². The zero-order chi connectivity index (χ0) is 25.3. The molecule has 0 aromatic heterocycles. The Morgan fingerprint density at radius 3 is 2.20 bits per heavy atom. The summed E-state index contributed by atoms with van der Waals surface area (Å²) in [4.78, 5) is 36.1. The minimum Gasteiger partial charge on any atom is -0.462 e. The maximum absolute atomic E-state index is 12.6. The molecule has 1 aliphatic rings. The molecule has 2 aromatic rings. The van der Waals surface area contributed by atoms with Crippen molar-refractivity contribution in [3.05, 3.63) is 59.7 Å². The molecule has 35 heavy (non-hydrogen) atoms. The van der Waals surface area contributed by atoms with Gasteiger partial charge in [0.25, 0.3) is 0 Å². The molecule has 1 fully saturated rings. The number of anilines is 1. The standard InChI is InChI=1S/C25H31N3O6S/c1-2-34-25(31)19-10-12-20(13-11-19)27-24(30)23(29)26-17-16-18-8-14-22(15-9-18)35(32,33)28-21-6-4-3-5-7-21/h8-15,21,28H,2-7,16-17H2,1H3,(H,26,29)(H,27,30). The first-order valence-corrected chi connectivity index (χ1v) is 13.2. The van der Waals surface area contributed by atoms with Gasteiger partial charge in [-0.05, 0) is 68.1 Å². The van der Waals surface area contributed by atoms with E-state index in [2.05, 4.69) is 15.4 Å². The van der Waals surface area contributed by atoms with Gasteiger partial charge in [0.1, 0.15) is 0 Å². The predicted octanol–water partition coefficient (Wildman–Crippen LogP) is 2.77. The molecule has 3 rings (SSSR count). The molecule has 9 nitrogen and oxygen atoms in total. The fourth-order valence-corrected chi connectivity index (χ4v) is 5.14. The van der Waals surface area contributed by atoms with Crippen molar-refractivity contribution in [3.63, 3.8) is 0 Å². The van der Waals surface area contributed by atoms with Crippen LogP contribution in [0.3, 0.4) is 0 Å². The normalized spacial score (nSPS) is 14.2. The van der Waals surface area contributed by atoms with E-state index in [1.54, 1.807) is 31.2 Å². The zero-order valence-electron chi connectivity index (χ0n) is 19.7. The van der Waals surface area contributed by atoms with Gasteiger partial charge in [0, 0.05) is 18.3 Å². The summed E-state index contributed by atoms with van der Waals surface area (Å²) < 4.78 is 32.9. The van der Waals surface area contributed by atoms with Crippen LogP contribution in [0.2, 0.25) is 0 Å². The SMILES string of the molecule is CCOC(=O)c1ccc(NC(=O)C(=O)NCCc2ccc(S(=O)(=O)NC3CCCCC3)cc2)cc1. The lowest BCUT2D eigenvalue weighted by Gasteiger charge is -2.22. The molecule has 0 heterocycles. The molecule has 0 spiro atoms. The van der Waals surface area contributed by atoms with Crippen molar-refractivity contribution in [2.24, 2.45) is 0 Å². The lowest BCUT2D eigenvalue weighted by molar-refractivity contribution is -0.136. The number of carbonyl (C=O) groups is 3. The number of esters is 1. The molecule has 0 radical (unpaired) electrons. The summed E-state index contributed by atoms with van der Waals surface area (Å²) in [5.74, 6) is -2.09. The molecular weight excluding hydrogens is 470 g/mol. The second-order valence-electron chi connectivity index (χ2n) is 8.36. The highest BCUT2D eigenvalue weighted by molar-refractivity contribution is 7.89. The van der Waals surface area contributed by atoms with E-state index in [0.29, 0.717) is 17.7 Å². The van der Waals surface area contributed by atoms with Crippen molar-refractivity contribution in [2.45, 2.75) is 56.4 Å². The molecule has 0 atom stereocenters. The van der Waals surface area contributed by atoms with Crippen molar-refractivity contribution in [3.8, 4) is 0 Å². The fourth-order valence-electron chi connectivity index (χ4n) is 3.84. The monoisotopic (exact) mass is 501 g/mol. The molecule has 2 amide bonds. The Bertz CT molecular complexity index is 1120. The van der Waals surface area contributed by atoms with Gasteiger partial charge in [0.15, 0.2) is 0 Å². The minimum atomic E-state index is -3.56. The molecule has 10 heteroatoms. The highest BCUT2D eigenvalue weighted by Gasteiger charge is 2.21.